The molecule has 2 aliphatic heterocycles. The van der Waals surface area contributed by atoms with Crippen LogP contribution >= 0.6 is 0 Å². The van der Waals surface area contributed by atoms with Crippen molar-refractivity contribution >= 4 is 11.9 Å². The quantitative estimate of drug-likeness (QED) is 0.0187. The van der Waals surface area contributed by atoms with Gasteiger partial charge in [0.05, 0.1) is 19.8 Å². The summed E-state index contributed by atoms with van der Waals surface area (Å²) in [6, 6.07) is 0. The first kappa shape index (κ1) is 61.1. The Hall–Kier alpha value is -3.06. The van der Waals surface area contributed by atoms with Crippen molar-refractivity contribution in [3.8, 4) is 0 Å². The van der Waals surface area contributed by atoms with Crippen LogP contribution in [-0.2, 0) is 38.0 Å². The third-order valence-corrected chi connectivity index (χ3v) is 11.7. The summed E-state index contributed by atoms with van der Waals surface area (Å²) in [5.41, 5.74) is 0. The van der Waals surface area contributed by atoms with Gasteiger partial charge in [-0.2, -0.15) is 0 Å². The molecule has 2 aliphatic rings. The molecule has 0 aromatic rings. The maximum Gasteiger partial charge on any atom is 0.306 e. The summed E-state index contributed by atoms with van der Waals surface area (Å²) < 4.78 is 33.5. The van der Waals surface area contributed by atoms with Crippen LogP contribution in [0.3, 0.4) is 0 Å². The van der Waals surface area contributed by atoms with E-state index in [0.29, 0.717) is 12.8 Å². The van der Waals surface area contributed by atoms with E-state index in [1.807, 2.05) is 0 Å². The van der Waals surface area contributed by atoms with Crippen molar-refractivity contribution < 1.29 is 73.8 Å². The molecule has 0 bridgehead atoms. The fourth-order valence-electron chi connectivity index (χ4n) is 7.54. The number of carbonyl (C=O) groups excluding carboxylic acids is 2. The van der Waals surface area contributed by atoms with E-state index in [1.54, 1.807) is 0 Å². The molecule has 0 spiro atoms. The minimum absolute atomic E-state index is 0.146. The Morgan fingerprint density at radius 2 is 0.882 bits per heavy atom. The van der Waals surface area contributed by atoms with E-state index in [1.165, 1.54) is 0 Å². The standard InChI is InChI=1S/C53H88O15/c1-3-5-7-9-11-13-15-17-19-20-22-24-26-28-30-32-34-36-45(56)66-41(38-63-44(55)35-33-31-29-27-25-23-21-18-16-14-12-10-8-6-4-2)39-64-52-51(62)49(60)47(58)43(68-52)40-65-53-50(61)48(59)46(57)42(37-54)67-53/h5-8,11-14,17-19,21,41-43,46-54,57-62H,3-4,9-10,15-16,20,22-40H2,1-2H3/b7-5-,8-6-,13-11-,14-12-,19-17-,21-18-. The van der Waals surface area contributed by atoms with Crippen molar-refractivity contribution in [1.29, 1.82) is 0 Å². The molecule has 0 radical (unpaired) electrons. The summed E-state index contributed by atoms with van der Waals surface area (Å²) >= 11 is 0. The van der Waals surface area contributed by atoms with E-state index in [4.69, 9.17) is 28.4 Å². The number of unbranched alkanes of at least 4 members (excludes halogenated alkanes) is 12. The number of aliphatic hydroxyl groups is 7. The Morgan fingerprint density at radius 3 is 1.38 bits per heavy atom. The largest absolute Gasteiger partial charge is 0.462 e. The Kier molecular flexibility index (Phi) is 35.6. The second-order valence-corrected chi connectivity index (χ2v) is 17.6. The molecule has 7 N–H and O–H groups in total. The van der Waals surface area contributed by atoms with Crippen molar-refractivity contribution in [2.45, 2.75) is 223 Å². The summed E-state index contributed by atoms with van der Waals surface area (Å²) in [7, 11) is 0. The number of hydrogen-bond donors (Lipinski definition) is 7. The highest BCUT2D eigenvalue weighted by atomic mass is 16.7. The SMILES string of the molecule is CC/C=C\C/C=C\C/C=C\CCCCCCCCCC(=O)OC(COC(=O)CCCCCCC/C=C\C/C=C\C/C=C\CC)COC1OC(COC2OC(CO)C(O)C(O)C2O)C(O)C(O)C1O. The molecule has 15 nitrogen and oxygen atoms in total. The maximum atomic E-state index is 13.0. The highest BCUT2D eigenvalue weighted by molar-refractivity contribution is 5.70. The van der Waals surface area contributed by atoms with Gasteiger partial charge in [0.25, 0.3) is 0 Å². The van der Waals surface area contributed by atoms with Crippen LogP contribution in [0.25, 0.3) is 0 Å². The van der Waals surface area contributed by atoms with Crippen molar-refractivity contribution in [1.82, 2.24) is 0 Å². The van der Waals surface area contributed by atoms with Gasteiger partial charge in [0.15, 0.2) is 18.7 Å². The molecule has 390 valence electrons. The van der Waals surface area contributed by atoms with Crippen LogP contribution in [0.2, 0.25) is 0 Å². The normalized spacial score (nSPS) is 26.4. The first-order valence-corrected chi connectivity index (χ1v) is 25.5. The van der Waals surface area contributed by atoms with Gasteiger partial charge in [-0.15, -0.1) is 0 Å². The number of allylic oxidation sites excluding steroid dienone is 12. The zero-order valence-corrected chi connectivity index (χ0v) is 41.1. The second-order valence-electron chi connectivity index (χ2n) is 17.6. The van der Waals surface area contributed by atoms with Crippen molar-refractivity contribution in [2.24, 2.45) is 0 Å². The summed E-state index contributed by atoms with van der Waals surface area (Å²) in [5.74, 6) is -0.962. The molecular formula is C53H88O15. The Bertz CT molecular complexity index is 1460. The fourth-order valence-corrected chi connectivity index (χ4v) is 7.54. The van der Waals surface area contributed by atoms with Crippen LogP contribution in [0.5, 0.6) is 0 Å². The van der Waals surface area contributed by atoms with Crippen LogP contribution in [0.4, 0.5) is 0 Å². The highest BCUT2D eigenvalue weighted by Gasteiger charge is 2.47. The number of carbonyl (C=O) groups is 2. The fraction of sp³-hybridized carbons (Fsp3) is 0.736. The number of hydrogen-bond acceptors (Lipinski definition) is 15. The molecule has 0 aromatic carbocycles. The minimum atomic E-state index is -1.77. The molecule has 11 atom stereocenters. The zero-order chi connectivity index (χ0) is 49.6. The Balaban J connectivity index is 1.82. The summed E-state index contributed by atoms with van der Waals surface area (Å²) in [4.78, 5) is 25.8. The van der Waals surface area contributed by atoms with E-state index in [-0.39, 0.29) is 19.4 Å². The average Bonchev–Trinajstić information content (AvgIpc) is 3.33. The van der Waals surface area contributed by atoms with E-state index >= 15 is 0 Å². The lowest BCUT2D eigenvalue weighted by Crippen LogP contribution is -2.61. The highest BCUT2D eigenvalue weighted by Crippen LogP contribution is 2.26. The molecule has 11 unspecified atom stereocenters. The molecule has 15 heteroatoms. The summed E-state index contributed by atoms with van der Waals surface area (Å²) in [6.07, 6.45) is 29.3. The van der Waals surface area contributed by atoms with Crippen LogP contribution in [0.15, 0.2) is 72.9 Å². The Morgan fingerprint density at radius 1 is 0.471 bits per heavy atom. The number of aliphatic hydroxyl groups excluding tert-OH is 7. The van der Waals surface area contributed by atoms with E-state index in [0.717, 1.165) is 116 Å². The van der Waals surface area contributed by atoms with E-state index in [9.17, 15) is 45.3 Å². The summed E-state index contributed by atoms with van der Waals surface area (Å²) in [6.45, 7) is 2.32. The minimum Gasteiger partial charge on any atom is -0.462 e. The van der Waals surface area contributed by atoms with Gasteiger partial charge in [-0.3, -0.25) is 9.59 Å². The van der Waals surface area contributed by atoms with Gasteiger partial charge in [-0.25, -0.2) is 0 Å². The molecule has 2 fully saturated rings. The van der Waals surface area contributed by atoms with Crippen LogP contribution in [0.1, 0.15) is 155 Å². The van der Waals surface area contributed by atoms with Crippen LogP contribution in [-0.4, -0.2) is 142 Å². The van der Waals surface area contributed by atoms with Gasteiger partial charge in [-0.1, -0.05) is 138 Å². The van der Waals surface area contributed by atoms with Crippen LogP contribution in [0, 0.1) is 0 Å². The lowest BCUT2D eigenvalue weighted by atomic mass is 9.98. The van der Waals surface area contributed by atoms with Gasteiger partial charge in [0.1, 0.15) is 55.4 Å². The van der Waals surface area contributed by atoms with E-state index < -0.39 is 99.3 Å². The maximum absolute atomic E-state index is 13.0. The Labute approximate surface area is 406 Å². The molecule has 0 saturated carbocycles. The van der Waals surface area contributed by atoms with Gasteiger partial charge in [-0.05, 0) is 77.0 Å². The smallest absolute Gasteiger partial charge is 0.306 e. The molecule has 2 heterocycles. The molecule has 0 amide bonds. The average molecular weight is 965 g/mol. The predicted molar refractivity (Wildman–Crippen MR) is 261 cm³/mol. The first-order valence-electron chi connectivity index (χ1n) is 25.5. The number of ether oxygens (including phenoxy) is 6. The van der Waals surface area contributed by atoms with Gasteiger partial charge in [0, 0.05) is 12.8 Å². The summed E-state index contributed by atoms with van der Waals surface area (Å²) in [5, 5.41) is 72.1. The van der Waals surface area contributed by atoms with Crippen molar-refractivity contribution in [3.05, 3.63) is 72.9 Å². The monoisotopic (exact) mass is 965 g/mol. The van der Waals surface area contributed by atoms with Gasteiger partial charge >= 0.3 is 11.9 Å². The predicted octanol–water partition coefficient (Wildman–Crippen LogP) is 7.04. The molecule has 2 rings (SSSR count). The van der Waals surface area contributed by atoms with Gasteiger partial charge < -0.3 is 64.2 Å². The molecule has 0 aromatic heterocycles. The topological polar surface area (TPSA) is 231 Å². The molecule has 2 saturated heterocycles. The lowest BCUT2D eigenvalue weighted by molar-refractivity contribution is -0.332. The van der Waals surface area contributed by atoms with Gasteiger partial charge in [0.2, 0.25) is 0 Å². The van der Waals surface area contributed by atoms with Crippen molar-refractivity contribution in [3.63, 3.8) is 0 Å². The number of esters is 2. The first-order chi connectivity index (χ1) is 33.0. The zero-order valence-electron chi connectivity index (χ0n) is 41.1. The van der Waals surface area contributed by atoms with Crippen LogP contribution < -0.4 is 0 Å². The van der Waals surface area contributed by atoms with E-state index in [2.05, 4.69) is 86.8 Å². The molecule has 0 aliphatic carbocycles. The number of rotatable bonds is 38. The second kappa shape index (κ2) is 39.6. The lowest BCUT2D eigenvalue weighted by Gasteiger charge is -2.42. The van der Waals surface area contributed by atoms with Crippen molar-refractivity contribution in [2.75, 3.05) is 26.4 Å². The third kappa shape index (κ3) is 27.4. The molecule has 68 heavy (non-hydrogen) atoms. The molecular weight excluding hydrogens is 877 g/mol. The third-order valence-electron chi connectivity index (χ3n) is 11.7.